The zero-order valence-electron chi connectivity index (χ0n) is 17.0. The molecule has 28 heavy (non-hydrogen) atoms. The van der Waals surface area contributed by atoms with E-state index in [0.717, 1.165) is 23.1 Å². The summed E-state index contributed by atoms with van der Waals surface area (Å²) in [6, 6.07) is 8.35. The number of rotatable bonds is 8. The van der Waals surface area contributed by atoms with E-state index in [1.807, 2.05) is 24.3 Å². The molecule has 0 aromatic heterocycles. The Morgan fingerprint density at radius 1 is 1.32 bits per heavy atom. The molecule has 2 fully saturated rings. The van der Waals surface area contributed by atoms with E-state index in [0.29, 0.717) is 25.2 Å². The third-order valence-electron chi connectivity index (χ3n) is 5.70. The molecular formula is C22H32N4O2. The second-order valence-electron chi connectivity index (χ2n) is 7.94. The summed E-state index contributed by atoms with van der Waals surface area (Å²) in [5.41, 5.74) is 1.01. The molecule has 0 saturated heterocycles. The molecule has 2 N–H and O–H groups in total. The normalized spacial score (nSPS) is 23.4. The lowest BCUT2D eigenvalue weighted by atomic mass is 9.95. The minimum absolute atomic E-state index is 0.0251. The van der Waals surface area contributed by atoms with Crippen molar-refractivity contribution in [3.05, 3.63) is 42.5 Å². The average molecular weight is 385 g/mol. The molecule has 152 valence electrons. The van der Waals surface area contributed by atoms with Crippen LogP contribution in [0, 0.1) is 11.8 Å². The Morgan fingerprint density at radius 2 is 2.14 bits per heavy atom. The summed E-state index contributed by atoms with van der Waals surface area (Å²) in [7, 11) is 3.52. The van der Waals surface area contributed by atoms with E-state index in [2.05, 4.69) is 17.2 Å². The van der Waals surface area contributed by atoms with Gasteiger partial charge in [-0.05, 0) is 37.2 Å². The highest BCUT2D eigenvalue weighted by molar-refractivity contribution is 5.86. The monoisotopic (exact) mass is 384 g/mol. The zero-order chi connectivity index (χ0) is 19.9. The Hall–Kier alpha value is -2.50. The van der Waals surface area contributed by atoms with Gasteiger partial charge in [-0.25, -0.2) is 4.99 Å². The first-order valence-corrected chi connectivity index (χ1v) is 10.1. The first-order chi connectivity index (χ1) is 13.6. The van der Waals surface area contributed by atoms with Crippen LogP contribution in [0.15, 0.2) is 41.9 Å². The van der Waals surface area contributed by atoms with Crippen LogP contribution < -0.4 is 15.4 Å². The molecule has 2 aliphatic rings. The molecule has 1 aromatic carbocycles. The number of benzene rings is 1. The van der Waals surface area contributed by atoms with Gasteiger partial charge in [0.05, 0.1) is 13.1 Å². The third-order valence-corrected chi connectivity index (χ3v) is 5.70. The van der Waals surface area contributed by atoms with Crippen LogP contribution >= 0.6 is 0 Å². The number of carbonyl (C=O) groups is 1. The molecule has 3 rings (SSSR count). The topological polar surface area (TPSA) is 66.0 Å². The number of guanidine groups is 1. The van der Waals surface area contributed by atoms with Gasteiger partial charge >= 0.3 is 0 Å². The molecule has 1 aromatic rings. The Balaban J connectivity index is 1.68. The number of fused-ring (bicyclic) bond motifs is 2. The number of hydrogen-bond donors (Lipinski definition) is 2. The van der Waals surface area contributed by atoms with E-state index in [1.54, 1.807) is 25.1 Å². The summed E-state index contributed by atoms with van der Waals surface area (Å²) in [5.74, 6) is 3.11. The fourth-order valence-electron chi connectivity index (χ4n) is 4.16. The molecule has 0 spiro atoms. The van der Waals surface area contributed by atoms with Crippen LogP contribution in [-0.2, 0) is 11.3 Å². The van der Waals surface area contributed by atoms with E-state index >= 15 is 0 Å². The van der Waals surface area contributed by atoms with Crippen LogP contribution in [0.2, 0.25) is 0 Å². The smallest absolute Gasteiger partial charge is 0.241 e. The molecule has 0 heterocycles. The van der Waals surface area contributed by atoms with Crippen molar-refractivity contribution in [1.82, 2.24) is 15.5 Å². The van der Waals surface area contributed by atoms with E-state index in [1.165, 1.54) is 25.7 Å². The number of para-hydroxylation sites is 1. The minimum Gasteiger partial charge on any atom is -0.489 e. The Kier molecular flexibility index (Phi) is 6.95. The lowest BCUT2D eigenvalue weighted by Crippen LogP contribution is -2.48. The zero-order valence-corrected chi connectivity index (χ0v) is 17.0. The van der Waals surface area contributed by atoms with Gasteiger partial charge in [0.25, 0.3) is 0 Å². The Morgan fingerprint density at radius 3 is 2.82 bits per heavy atom. The maximum absolute atomic E-state index is 12.0. The highest BCUT2D eigenvalue weighted by atomic mass is 16.5. The first kappa shape index (κ1) is 20.2. The number of nitrogens with one attached hydrogen (secondary N) is 2. The molecule has 0 radical (unpaired) electrons. The van der Waals surface area contributed by atoms with Gasteiger partial charge in [-0.15, -0.1) is 0 Å². The number of ether oxygens (including phenoxy) is 1. The minimum atomic E-state index is 0.0251. The predicted octanol–water partition coefficient (Wildman–Crippen LogP) is 2.56. The number of amides is 1. The van der Waals surface area contributed by atoms with Crippen molar-refractivity contribution in [2.75, 3.05) is 27.2 Å². The number of likely N-dealkylation sites (N-methyl/N-ethyl adjacent to an activating group) is 1. The standard InChI is InChI=1S/C22H32N4O2/c1-4-11-28-20-8-6-5-7-18(20)14-23-22(24-15-21(27)26(2)3)25-19-13-16-9-10-17(19)12-16/h4-8,16-17,19H,1,9-15H2,2-3H3,(H2,23,24,25). The van der Waals surface area contributed by atoms with Crippen LogP contribution in [0.4, 0.5) is 0 Å². The van der Waals surface area contributed by atoms with Gasteiger partial charge in [0.1, 0.15) is 12.4 Å². The van der Waals surface area contributed by atoms with Crippen molar-refractivity contribution in [3.8, 4) is 5.75 Å². The molecule has 2 bridgehead atoms. The molecule has 1 amide bonds. The SMILES string of the molecule is C=CCOc1ccccc1CN=C(NCC(=O)N(C)C)NC1CC2CCC1C2. The van der Waals surface area contributed by atoms with Gasteiger partial charge in [0.2, 0.25) is 5.91 Å². The second kappa shape index (κ2) is 9.62. The van der Waals surface area contributed by atoms with E-state index < -0.39 is 0 Å². The summed E-state index contributed by atoms with van der Waals surface area (Å²) < 4.78 is 5.73. The fourth-order valence-corrected chi connectivity index (χ4v) is 4.16. The Bertz CT molecular complexity index is 716. The van der Waals surface area contributed by atoms with Crippen molar-refractivity contribution in [3.63, 3.8) is 0 Å². The van der Waals surface area contributed by atoms with Crippen molar-refractivity contribution < 1.29 is 9.53 Å². The average Bonchev–Trinajstić information content (AvgIpc) is 3.31. The van der Waals surface area contributed by atoms with Gasteiger partial charge < -0.3 is 20.3 Å². The summed E-state index contributed by atoms with van der Waals surface area (Å²) >= 11 is 0. The highest BCUT2D eigenvalue weighted by Gasteiger charge is 2.39. The number of aliphatic imine (C=N–C) groups is 1. The number of carbonyl (C=O) groups excluding carboxylic acids is 1. The quantitative estimate of drug-likeness (QED) is 0.411. The summed E-state index contributed by atoms with van der Waals surface area (Å²) in [6.07, 6.45) is 6.91. The van der Waals surface area contributed by atoms with Crippen molar-refractivity contribution >= 4 is 11.9 Å². The fraction of sp³-hybridized carbons (Fsp3) is 0.545. The van der Waals surface area contributed by atoms with Crippen LogP contribution in [0.25, 0.3) is 0 Å². The van der Waals surface area contributed by atoms with Crippen molar-refractivity contribution in [1.29, 1.82) is 0 Å². The summed E-state index contributed by atoms with van der Waals surface area (Å²) in [5, 5.41) is 6.80. The number of hydrogen-bond acceptors (Lipinski definition) is 3. The molecule has 6 nitrogen and oxygen atoms in total. The number of nitrogens with zero attached hydrogens (tertiary/aromatic N) is 2. The van der Waals surface area contributed by atoms with Crippen LogP contribution in [0.5, 0.6) is 5.75 Å². The van der Waals surface area contributed by atoms with Gasteiger partial charge in [0.15, 0.2) is 5.96 Å². The largest absolute Gasteiger partial charge is 0.489 e. The van der Waals surface area contributed by atoms with Crippen LogP contribution in [0.3, 0.4) is 0 Å². The van der Waals surface area contributed by atoms with E-state index in [-0.39, 0.29) is 12.5 Å². The van der Waals surface area contributed by atoms with Crippen LogP contribution in [-0.4, -0.2) is 50.1 Å². The maximum atomic E-state index is 12.0. The van der Waals surface area contributed by atoms with E-state index in [9.17, 15) is 4.79 Å². The van der Waals surface area contributed by atoms with Crippen molar-refractivity contribution in [2.24, 2.45) is 16.8 Å². The second-order valence-corrected chi connectivity index (χ2v) is 7.94. The van der Waals surface area contributed by atoms with Gasteiger partial charge in [0, 0.05) is 25.7 Å². The molecule has 6 heteroatoms. The molecule has 0 aliphatic heterocycles. The molecule has 2 saturated carbocycles. The van der Waals surface area contributed by atoms with Gasteiger partial charge in [-0.1, -0.05) is 37.3 Å². The lowest BCUT2D eigenvalue weighted by Gasteiger charge is -2.25. The van der Waals surface area contributed by atoms with Gasteiger partial charge in [-0.3, -0.25) is 4.79 Å². The van der Waals surface area contributed by atoms with Gasteiger partial charge in [-0.2, -0.15) is 0 Å². The first-order valence-electron chi connectivity index (χ1n) is 10.1. The van der Waals surface area contributed by atoms with Crippen molar-refractivity contribution in [2.45, 2.75) is 38.3 Å². The molecule has 3 atom stereocenters. The van der Waals surface area contributed by atoms with E-state index in [4.69, 9.17) is 9.73 Å². The molecule has 2 aliphatic carbocycles. The summed E-state index contributed by atoms with van der Waals surface area (Å²) in [4.78, 5) is 18.4. The third kappa shape index (κ3) is 5.27. The van der Waals surface area contributed by atoms with Crippen LogP contribution in [0.1, 0.15) is 31.2 Å². The predicted molar refractivity (Wildman–Crippen MR) is 112 cm³/mol. The Labute approximate surface area is 168 Å². The molecule has 3 unspecified atom stereocenters. The molecular weight excluding hydrogens is 352 g/mol. The lowest BCUT2D eigenvalue weighted by molar-refractivity contribution is -0.127. The highest BCUT2D eigenvalue weighted by Crippen LogP contribution is 2.44. The maximum Gasteiger partial charge on any atom is 0.241 e. The summed E-state index contributed by atoms with van der Waals surface area (Å²) in [6.45, 7) is 4.88.